The molecular formula is C11H14N4S. The summed E-state index contributed by atoms with van der Waals surface area (Å²) >= 11 is 1.69. The number of benzene rings is 1. The summed E-state index contributed by atoms with van der Waals surface area (Å²) < 4.78 is 1.77. The van der Waals surface area contributed by atoms with E-state index in [0.717, 1.165) is 11.4 Å². The van der Waals surface area contributed by atoms with Crippen LogP contribution in [0.1, 0.15) is 18.7 Å². The van der Waals surface area contributed by atoms with Crippen molar-refractivity contribution in [1.29, 1.82) is 0 Å². The molecule has 0 saturated heterocycles. The van der Waals surface area contributed by atoms with Crippen LogP contribution in [0.3, 0.4) is 0 Å². The van der Waals surface area contributed by atoms with E-state index in [2.05, 4.69) is 16.4 Å². The van der Waals surface area contributed by atoms with Gasteiger partial charge in [-0.2, -0.15) is 0 Å². The molecule has 5 heteroatoms. The standard InChI is InChI=1S/C11H14N4S/c1-8(12)9-7-15(14-13-9)10-5-3-4-6-11(10)16-2/h3-8H,12H2,1-2H3. The third-order valence-corrected chi connectivity index (χ3v) is 3.09. The summed E-state index contributed by atoms with van der Waals surface area (Å²) in [6, 6.07) is 8.00. The van der Waals surface area contributed by atoms with Crippen LogP contribution in [0, 0.1) is 0 Å². The molecule has 0 aliphatic carbocycles. The van der Waals surface area contributed by atoms with E-state index in [1.54, 1.807) is 16.4 Å². The summed E-state index contributed by atoms with van der Waals surface area (Å²) in [5, 5.41) is 8.14. The highest BCUT2D eigenvalue weighted by Gasteiger charge is 2.08. The zero-order chi connectivity index (χ0) is 11.5. The molecule has 1 unspecified atom stereocenters. The van der Waals surface area contributed by atoms with Crippen LogP contribution in [-0.4, -0.2) is 21.2 Å². The maximum Gasteiger partial charge on any atom is 0.0995 e. The maximum atomic E-state index is 5.75. The van der Waals surface area contributed by atoms with Crippen molar-refractivity contribution in [1.82, 2.24) is 15.0 Å². The Morgan fingerprint density at radius 1 is 1.38 bits per heavy atom. The first-order chi connectivity index (χ1) is 7.72. The lowest BCUT2D eigenvalue weighted by atomic mass is 10.3. The van der Waals surface area contributed by atoms with E-state index in [1.807, 2.05) is 37.6 Å². The molecule has 1 atom stereocenters. The lowest BCUT2D eigenvalue weighted by molar-refractivity contribution is 0.753. The zero-order valence-corrected chi connectivity index (χ0v) is 10.1. The number of hydrogen-bond acceptors (Lipinski definition) is 4. The van der Waals surface area contributed by atoms with Crippen LogP contribution >= 0.6 is 11.8 Å². The second kappa shape index (κ2) is 4.67. The molecule has 16 heavy (non-hydrogen) atoms. The molecular weight excluding hydrogens is 220 g/mol. The molecule has 0 aliphatic heterocycles. The molecule has 0 radical (unpaired) electrons. The zero-order valence-electron chi connectivity index (χ0n) is 9.29. The molecule has 0 aliphatic rings. The first kappa shape index (κ1) is 11.2. The van der Waals surface area contributed by atoms with E-state index in [1.165, 1.54) is 4.90 Å². The number of thioether (sulfide) groups is 1. The SMILES string of the molecule is CSc1ccccc1-n1cc(C(C)N)nn1. The van der Waals surface area contributed by atoms with E-state index >= 15 is 0 Å². The molecule has 1 aromatic heterocycles. The summed E-state index contributed by atoms with van der Waals surface area (Å²) in [5.41, 5.74) is 7.59. The van der Waals surface area contributed by atoms with Crippen molar-refractivity contribution < 1.29 is 0 Å². The first-order valence-corrected chi connectivity index (χ1v) is 6.26. The summed E-state index contributed by atoms with van der Waals surface area (Å²) in [4.78, 5) is 1.17. The van der Waals surface area contributed by atoms with Crippen molar-refractivity contribution >= 4 is 11.8 Å². The molecule has 1 heterocycles. The Morgan fingerprint density at radius 3 is 2.75 bits per heavy atom. The Kier molecular flexibility index (Phi) is 3.26. The molecule has 2 N–H and O–H groups in total. The molecule has 0 bridgehead atoms. The smallest absolute Gasteiger partial charge is 0.0995 e. The quantitative estimate of drug-likeness (QED) is 0.825. The molecule has 0 spiro atoms. The fraction of sp³-hybridized carbons (Fsp3) is 0.273. The Labute approximate surface area is 98.8 Å². The van der Waals surface area contributed by atoms with Crippen LogP contribution < -0.4 is 5.73 Å². The normalized spacial score (nSPS) is 12.7. The highest BCUT2D eigenvalue weighted by molar-refractivity contribution is 7.98. The Hall–Kier alpha value is -1.33. The largest absolute Gasteiger partial charge is 0.323 e. The van der Waals surface area contributed by atoms with Crippen LogP contribution in [-0.2, 0) is 0 Å². The van der Waals surface area contributed by atoms with Crippen LogP contribution in [0.4, 0.5) is 0 Å². The van der Waals surface area contributed by atoms with Crippen molar-refractivity contribution in [2.24, 2.45) is 5.73 Å². The van der Waals surface area contributed by atoms with Crippen LogP contribution in [0.25, 0.3) is 5.69 Å². The lowest BCUT2D eigenvalue weighted by Crippen LogP contribution is -2.04. The van der Waals surface area contributed by atoms with Crippen LogP contribution in [0.15, 0.2) is 35.4 Å². The van der Waals surface area contributed by atoms with Gasteiger partial charge in [-0.15, -0.1) is 16.9 Å². The van der Waals surface area contributed by atoms with Gasteiger partial charge in [0, 0.05) is 10.9 Å². The fourth-order valence-electron chi connectivity index (χ4n) is 1.42. The summed E-state index contributed by atoms with van der Waals surface area (Å²) in [5.74, 6) is 0. The van der Waals surface area contributed by atoms with Gasteiger partial charge in [-0.25, -0.2) is 4.68 Å². The average molecular weight is 234 g/mol. The summed E-state index contributed by atoms with van der Waals surface area (Å²) in [6.07, 6.45) is 3.92. The van der Waals surface area contributed by atoms with E-state index in [4.69, 9.17) is 5.73 Å². The number of nitrogens with two attached hydrogens (primary N) is 1. The van der Waals surface area contributed by atoms with Gasteiger partial charge in [0.05, 0.1) is 17.6 Å². The van der Waals surface area contributed by atoms with Gasteiger partial charge in [0.2, 0.25) is 0 Å². The maximum absolute atomic E-state index is 5.75. The third-order valence-electron chi connectivity index (χ3n) is 2.31. The van der Waals surface area contributed by atoms with E-state index < -0.39 is 0 Å². The van der Waals surface area contributed by atoms with Gasteiger partial charge in [0.25, 0.3) is 0 Å². The van der Waals surface area contributed by atoms with E-state index in [-0.39, 0.29) is 6.04 Å². The monoisotopic (exact) mass is 234 g/mol. The van der Waals surface area contributed by atoms with E-state index in [0.29, 0.717) is 0 Å². The summed E-state index contributed by atoms with van der Waals surface area (Å²) in [7, 11) is 0. The number of hydrogen-bond donors (Lipinski definition) is 1. The lowest BCUT2D eigenvalue weighted by Gasteiger charge is -2.05. The van der Waals surface area contributed by atoms with Crippen molar-refractivity contribution in [2.75, 3.05) is 6.26 Å². The first-order valence-electron chi connectivity index (χ1n) is 5.03. The Bertz CT molecular complexity index is 478. The number of aromatic nitrogens is 3. The third kappa shape index (κ3) is 2.10. The van der Waals surface area contributed by atoms with Gasteiger partial charge in [0.15, 0.2) is 0 Å². The second-order valence-electron chi connectivity index (χ2n) is 3.55. The molecule has 4 nitrogen and oxygen atoms in total. The van der Waals surface area contributed by atoms with Gasteiger partial charge in [-0.3, -0.25) is 0 Å². The van der Waals surface area contributed by atoms with E-state index in [9.17, 15) is 0 Å². The van der Waals surface area contributed by atoms with Crippen LogP contribution in [0.5, 0.6) is 0 Å². The summed E-state index contributed by atoms with van der Waals surface area (Å²) in [6.45, 7) is 1.90. The average Bonchev–Trinajstić information content (AvgIpc) is 2.78. The molecule has 1 aromatic carbocycles. The van der Waals surface area contributed by atoms with Crippen molar-refractivity contribution in [3.8, 4) is 5.69 Å². The Morgan fingerprint density at radius 2 is 2.12 bits per heavy atom. The molecule has 84 valence electrons. The number of nitrogens with zero attached hydrogens (tertiary/aromatic N) is 3. The topological polar surface area (TPSA) is 56.7 Å². The predicted octanol–water partition coefficient (Wildman–Crippen LogP) is 2.01. The molecule has 0 amide bonds. The fourth-order valence-corrected chi connectivity index (χ4v) is 2.01. The van der Waals surface area contributed by atoms with Gasteiger partial charge >= 0.3 is 0 Å². The number of rotatable bonds is 3. The van der Waals surface area contributed by atoms with Crippen molar-refractivity contribution in [3.05, 3.63) is 36.2 Å². The minimum Gasteiger partial charge on any atom is -0.323 e. The minimum absolute atomic E-state index is 0.0878. The highest BCUT2D eigenvalue weighted by Crippen LogP contribution is 2.23. The molecule has 0 saturated carbocycles. The predicted molar refractivity (Wildman–Crippen MR) is 65.7 cm³/mol. The van der Waals surface area contributed by atoms with Gasteiger partial charge in [-0.05, 0) is 25.3 Å². The molecule has 0 fully saturated rings. The van der Waals surface area contributed by atoms with Crippen molar-refractivity contribution in [2.45, 2.75) is 17.9 Å². The van der Waals surface area contributed by atoms with Crippen molar-refractivity contribution in [3.63, 3.8) is 0 Å². The second-order valence-corrected chi connectivity index (χ2v) is 4.40. The highest BCUT2D eigenvalue weighted by atomic mass is 32.2. The number of para-hydroxylation sites is 1. The molecule has 2 rings (SSSR count). The minimum atomic E-state index is -0.0878. The Balaban J connectivity index is 2.42. The van der Waals surface area contributed by atoms with Gasteiger partial charge < -0.3 is 5.73 Å². The van der Waals surface area contributed by atoms with Crippen LogP contribution in [0.2, 0.25) is 0 Å². The van der Waals surface area contributed by atoms with Gasteiger partial charge in [0.1, 0.15) is 0 Å². The van der Waals surface area contributed by atoms with Gasteiger partial charge in [-0.1, -0.05) is 17.3 Å². The molecule has 2 aromatic rings.